The monoisotopic (exact) mass is 531 g/mol. The minimum absolute atomic E-state index is 0.152. The van der Waals surface area contributed by atoms with Crippen molar-refractivity contribution in [3.8, 4) is 5.75 Å². The first-order valence-corrected chi connectivity index (χ1v) is 13.8. The van der Waals surface area contributed by atoms with Crippen molar-refractivity contribution in [3.05, 3.63) is 24.2 Å². The summed E-state index contributed by atoms with van der Waals surface area (Å²) in [4.78, 5) is 19.6. The molecule has 0 amide bonds. The molecule has 5 heterocycles. The zero-order chi connectivity index (χ0) is 25.7. The van der Waals surface area contributed by atoms with E-state index < -0.39 is 0 Å². The lowest BCUT2D eigenvalue weighted by atomic mass is 9.78. The quantitative estimate of drug-likeness (QED) is 0.362. The number of nitrogens with zero attached hydrogens (tertiary/aromatic N) is 5. The third-order valence-corrected chi connectivity index (χ3v) is 8.61. The summed E-state index contributed by atoms with van der Waals surface area (Å²) < 4.78 is 22.0. The lowest BCUT2D eigenvalue weighted by molar-refractivity contribution is -0.0411. The van der Waals surface area contributed by atoms with Crippen LogP contribution in [0.1, 0.15) is 31.4 Å². The minimum Gasteiger partial charge on any atom is -0.492 e. The summed E-state index contributed by atoms with van der Waals surface area (Å²) in [6.45, 7) is 6.13. The second kappa shape index (κ2) is 12.1. The number of aromatic nitrogens is 3. The summed E-state index contributed by atoms with van der Waals surface area (Å²) in [6, 6.07) is 1.93. The van der Waals surface area contributed by atoms with Gasteiger partial charge in [-0.2, -0.15) is 0 Å². The topological polar surface area (TPSA) is 102 Å². The first kappa shape index (κ1) is 26.4. The molecule has 3 fully saturated rings. The van der Waals surface area contributed by atoms with Crippen molar-refractivity contribution in [1.29, 1.82) is 0 Å². The van der Waals surface area contributed by atoms with E-state index in [9.17, 15) is 5.11 Å². The van der Waals surface area contributed by atoms with Crippen molar-refractivity contribution in [3.63, 3.8) is 0 Å². The van der Waals surface area contributed by atoms with Gasteiger partial charge in [0.1, 0.15) is 17.5 Å². The lowest BCUT2D eigenvalue weighted by Crippen LogP contribution is -2.41. The Morgan fingerprint density at radius 1 is 1.14 bits per heavy atom. The Morgan fingerprint density at radius 2 is 2.00 bits per heavy atom. The Balaban J connectivity index is 1.28. The molecule has 1 unspecified atom stereocenters. The molecule has 2 aromatic rings. The van der Waals surface area contributed by atoms with Crippen molar-refractivity contribution < 1.29 is 24.1 Å². The number of piperidine rings is 1. The molecule has 37 heavy (non-hydrogen) atoms. The molecule has 202 valence electrons. The van der Waals surface area contributed by atoms with Crippen LogP contribution in [0.2, 0.25) is 0 Å². The maximum atomic E-state index is 10.1. The maximum Gasteiger partial charge on any atom is 0.175 e. The minimum atomic E-state index is -0.152. The van der Waals surface area contributed by atoms with Gasteiger partial charge in [-0.1, -0.05) is 11.8 Å². The van der Waals surface area contributed by atoms with E-state index in [1.165, 1.54) is 11.8 Å². The fraction of sp³-hybridized carbons (Fsp3) is 0.654. The molecule has 3 saturated heterocycles. The first-order valence-electron chi connectivity index (χ1n) is 13.0. The number of ether oxygens (including phenoxy) is 4. The van der Waals surface area contributed by atoms with E-state index in [0.29, 0.717) is 35.5 Å². The van der Waals surface area contributed by atoms with Crippen LogP contribution in [0.3, 0.4) is 0 Å². The zero-order valence-electron chi connectivity index (χ0n) is 21.7. The number of aliphatic hydroxyl groups excluding tert-OH is 1. The molecule has 3 aliphatic heterocycles. The van der Waals surface area contributed by atoms with Gasteiger partial charge in [0.25, 0.3) is 0 Å². The maximum absolute atomic E-state index is 10.1. The SMILES string of the molecule is COCOCC1CCN(c2nccc(Sc3cnc(N4CCC5(CCOC5)CC4)c(CO)n3)c2OC)C1. The van der Waals surface area contributed by atoms with Crippen LogP contribution in [0.15, 0.2) is 28.4 Å². The number of pyridine rings is 1. The van der Waals surface area contributed by atoms with Crippen molar-refractivity contribution in [2.24, 2.45) is 11.3 Å². The second-order valence-electron chi connectivity index (χ2n) is 10.1. The van der Waals surface area contributed by atoms with Crippen LogP contribution in [-0.4, -0.2) is 87.1 Å². The molecule has 1 N–H and O–H groups in total. The summed E-state index contributed by atoms with van der Waals surface area (Å²) in [6.07, 6.45) is 7.94. The molecule has 5 rings (SSSR count). The van der Waals surface area contributed by atoms with Crippen molar-refractivity contribution >= 4 is 23.4 Å². The summed E-state index contributed by atoms with van der Waals surface area (Å²) in [5.41, 5.74) is 0.927. The van der Waals surface area contributed by atoms with Gasteiger partial charge in [-0.25, -0.2) is 15.0 Å². The highest BCUT2D eigenvalue weighted by Gasteiger charge is 2.38. The van der Waals surface area contributed by atoms with Gasteiger partial charge in [0, 0.05) is 52.0 Å². The average Bonchev–Trinajstić information content (AvgIpc) is 3.59. The molecule has 11 heteroatoms. The summed E-state index contributed by atoms with van der Waals surface area (Å²) >= 11 is 1.48. The number of anilines is 2. The van der Waals surface area contributed by atoms with E-state index in [4.69, 9.17) is 28.9 Å². The largest absolute Gasteiger partial charge is 0.492 e. The normalized spacial score (nSPS) is 21.2. The van der Waals surface area contributed by atoms with E-state index in [2.05, 4.69) is 14.8 Å². The number of aliphatic hydroxyl groups is 1. The highest BCUT2D eigenvalue weighted by molar-refractivity contribution is 7.99. The van der Waals surface area contributed by atoms with E-state index >= 15 is 0 Å². The molecule has 0 bridgehead atoms. The molecule has 10 nitrogen and oxygen atoms in total. The van der Waals surface area contributed by atoms with Crippen LogP contribution >= 0.6 is 11.8 Å². The van der Waals surface area contributed by atoms with Gasteiger partial charge in [-0.15, -0.1) is 0 Å². The summed E-state index contributed by atoms with van der Waals surface area (Å²) in [5, 5.41) is 10.8. The molecule has 0 radical (unpaired) electrons. The highest BCUT2D eigenvalue weighted by atomic mass is 32.2. The highest BCUT2D eigenvalue weighted by Crippen LogP contribution is 2.42. The predicted octanol–water partition coefficient (Wildman–Crippen LogP) is 2.98. The van der Waals surface area contributed by atoms with Crippen molar-refractivity contribution in [2.45, 2.75) is 42.2 Å². The van der Waals surface area contributed by atoms with Gasteiger partial charge in [0.15, 0.2) is 17.4 Å². The molecule has 0 aromatic carbocycles. The zero-order valence-corrected chi connectivity index (χ0v) is 22.5. The Bertz CT molecular complexity index is 1040. The van der Waals surface area contributed by atoms with Crippen LogP contribution in [0, 0.1) is 11.3 Å². The van der Waals surface area contributed by atoms with E-state index in [1.54, 1.807) is 26.6 Å². The third-order valence-electron chi connectivity index (χ3n) is 7.67. The molecular formula is C26H37N5O5S. The Labute approximate surface area is 222 Å². The fourth-order valence-corrected chi connectivity index (χ4v) is 6.43. The van der Waals surface area contributed by atoms with Gasteiger partial charge in [-0.05, 0) is 37.2 Å². The van der Waals surface area contributed by atoms with E-state index in [1.807, 2.05) is 6.07 Å². The summed E-state index contributed by atoms with van der Waals surface area (Å²) in [5.74, 6) is 2.76. The number of hydrogen-bond acceptors (Lipinski definition) is 11. The molecule has 0 aliphatic carbocycles. The molecule has 0 saturated carbocycles. The Morgan fingerprint density at radius 3 is 2.73 bits per heavy atom. The van der Waals surface area contributed by atoms with Gasteiger partial charge in [-0.3, -0.25) is 0 Å². The second-order valence-corrected chi connectivity index (χ2v) is 11.1. The smallest absolute Gasteiger partial charge is 0.175 e. The van der Waals surface area contributed by atoms with Gasteiger partial charge in [0.05, 0.1) is 38.0 Å². The van der Waals surface area contributed by atoms with Crippen LogP contribution < -0.4 is 14.5 Å². The Hall–Kier alpha value is -2.18. The molecule has 1 atom stereocenters. The number of methoxy groups -OCH3 is 2. The number of rotatable bonds is 10. The number of hydrogen-bond donors (Lipinski definition) is 1. The van der Waals surface area contributed by atoms with Crippen molar-refractivity contribution in [1.82, 2.24) is 15.0 Å². The fourth-order valence-electron chi connectivity index (χ4n) is 5.55. The van der Waals surface area contributed by atoms with Crippen LogP contribution in [0.25, 0.3) is 0 Å². The molecule has 1 spiro atoms. The van der Waals surface area contributed by atoms with Crippen LogP contribution in [-0.2, 0) is 20.8 Å². The lowest BCUT2D eigenvalue weighted by Gasteiger charge is -2.39. The molecule has 2 aromatic heterocycles. The Kier molecular flexibility index (Phi) is 8.66. The van der Waals surface area contributed by atoms with E-state index in [0.717, 1.165) is 87.4 Å². The van der Waals surface area contributed by atoms with Crippen LogP contribution in [0.4, 0.5) is 11.6 Å². The summed E-state index contributed by atoms with van der Waals surface area (Å²) in [7, 11) is 3.31. The standard InChI is InChI=1S/C26H37N5O5S/c1-33-18-36-16-19-4-9-31(14-19)25-23(34-2)21(3-8-27-25)37-22-13-28-24(20(15-32)29-22)30-10-5-26(6-11-30)7-12-35-17-26/h3,8,13,19,32H,4-7,9-12,14-18H2,1-2H3. The first-order chi connectivity index (χ1) is 18.1. The third kappa shape index (κ3) is 5.96. The van der Waals surface area contributed by atoms with Crippen LogP contribution in [0.5, 0.6) is 5.75 Å². The molecule has 3 aliphatic rings. The van der Waals surface area contributed by atoms with E-state index in [-0.39, 0.29) is 6.61 Å². The average molecular weight is 532 g/mol. The molecular weight excluding hydrogens is 494 g/mol. The predicted molar refractivity (Wildman–Crippen MR) is 140 cm³/mol. The van der Waals surface area contributed by atoms with Gasteiger partial charge in [0.2, 0.25) is 0 Å². The van der Waals surface area contributed by atoms with Crippen molar-refractivity contribution in [2.75, 3.05) is 76.8 Å². The van der Waals surface area contributed by atoms with Gasteiger partial charge >= 0.3 is 0 Å². The van der Waals surface area contributed by atoms with Gasteiger partial charge < -0.3 is 33.9 Å².